The zero-order chi connectivity index (χ0) is 9.90. The average molecular weight is 199 g/mol. The summed E-state index contributed by atoms with van der Waals surface area (Å²) >= 11 is 1.96. The molecule has 0 aliphatic carbocycles. The molecule has 2 heteroatoms. The summed E-state index contributed by atoms with van der Waals surface area (Å²) in [4.78, 5) is 4.81. The largest absolute Gasteiger partial charge is 0.277 e. The summed E-state index contributed by atoms with van der Waals surface area (Å²) in [7, 11) is 0. The van der Waals surface area contributed by atoms with Gasteiger partial charge in [-0.1, -0.05) is 20.3 Å². The zero-order valence-corrected chi connectivity index (χ0v) is 10.1. The van der Waals surface area contributed by atoms with Crippen LogP contribution in [0.3, 0.4) is 0 Å². The maximum atomic E-state index is 4.81. The van der Waals surface area contributed by atoms with E-state index in [1.54, 1.807) is 0 Å². The molecule has 0 fully saturated rings. The Balaban J connectivity index is 2.63. The van der Waals surface area contributed by atoms with Crippen LogP contribution in [0.2, 0.25) is 0 Å². The highest BCUT2D eigenvalue weighted by atomic mass is 32.2. The van der Waals surface area contributed by atoms with E-state index >= 15 is 0 Å². The molecule has 1 heterocycles. The molecule has 0 saturated heterocycles. The molecule has 1 aliphatic rings. The van der Waals surface area contributed by atoms with Crippen molar-refractivity contribution in [2.24, 2.45) is 10.9 Å². The summed E-state index contributed by atoms with van der Waals surface area (Å²) in [5.41, 5.74) is 0.197. The van der Waals surface area contributed by atoms with Gasteiger partial charge in [0.1, 0.15) is 0 Å². The first-order valence-electron chi connectivity index (χ1n) is 5.27. The lowest BCUT2D eigenvalue weighted by molar-refractivity contribution is 0.500. The van der Waals surface area contributed by atoms with Gasteiger partial charge in [0.05, 0.1) is 10.6 Å². The highest BCUT2D eigenvalue weighted by molar-refractivity contribution is 8.14. The Bertz CT molecular complexity index is 196. The van der Waals surface area contributed by atoms with Gasteiger partial charge in [0.25, 0.3) is 0 Å². The first-order valence-corrected chi connectivity index (χ1v) is 6.26. The Labute approximate surface area is 86.4 Å². The Morgan fingerprint density at radius 2 is 2.23 bits per heavy atom. The molecule has 0 aromatic carbocycles. The van der Waals surface area contributed by atoms with E-state index in [1.807, 2.05) is 11.8 Å². The lowest BCUT2D eigenvalue weighted by atomic mass is 10.0. The minimum absolute atomic E-state index is 0.197. The molecule has 0 saturated carbocycles. The number of rotatable bonds is 3. The van der Waals surface area contributed by atoms with Crippen molar-refractivity contribution in [1.82, 2.24) is 0 Å². The quantitative estimate of drug-likeness (QED) is 0.674. The van der Waals surface area contributed by atoms with Crippen molar-refractivity contribution in [3.8, 4) is 0 Å². The lowest BCUT2D eigenvalue weighted by Gasteiger charge is -2.28. The zero-order valence-electron chi connectivity index (χ0n) is 9.26. The number of aliphatic imine (C=N–C) groups is 1. The van der Waals surface area contributed by atoms with Crippen LogP contribution in [0, 0.1) is 5.92 Å². The first kappa shape index (κ1) is 11.1. The second-order valence-electron chi connectivity index (χ2n) is 4.55. The monoisotopic (exact) mass is 199 g/mol. The molecule has 1 rings (SSSR count). The second-order valence-corrected chi connectivity index (χ2v) is 5.67. The fourth-order valence-corrected chi connectivity index (χ4v) is 3.13. The third-order valence-electron chi connectivity index (χ3n) is 2.52. The molecule has 1 nitrogen and oxygen atoms in total. The summed E-state index contributed by atoms with van der Waals surface area (Å²) in [5, 5.41) is 1.39. The number of thioether (sulfide) groups is 1. The van der Waals surface area contributed by atoms with Crippen LogP contribution >= 0.6 is 11.8 Å². The number of nitrogens with zero attached hydrogens (tertiary/aromatic N) is 1. The van der Waals surface area contributed by atoms with Gasteiger partial charge in [0, 0.05) is 11.7 Å². The van der Waals surface area contributed by atoms with Crippen LogP contribution in [0.15, 0.2) is 4.99 Å². The molecule has 0 aromatic rings. The van der Waals surface area contributed by atoms with Crippen LogP contribution in [-0.4, -0.2) is 16.3 Å². The van der Waals surface area contributed by atoms with Gasteiger partial charge in [-0.2, -0.15) is 0 Å². The number of hydrogen-bond donors (Lipinski definition) is 0. The van der Waals surface area contributed by atoms with Gasteiger partial charge in [-0.3, -0.25) is 4.99 Å². The number of hydrogen-bond acceptors (Lipinski definition) is 2. The van der Waals surface area contributed by atoms with Gasteiger partial charge >= 0.3 is 0 Å². The Hall–Kier alpha value is 0.0200. The summed E-state index contributed by atoms with van der Waals surface area (Å²) in [5.74, 6) is 1.93. The average Bonchev–Trinajstić information content (AvgIpc) is 2.03. The van der Waals surface area contributed by atoms with Crippen LogP contribution in [0.1, 0.15) is 47.0 Å². The molecule has 0 spiro atoms. The molecule has 0 radical (unpaired) electrons. The molecule has 1 atom stereocenters. The van der Waals surface area contributed by atoms with Crippen molar-refractivity contribution >= 4 is 16.8 Å². The highest BCUT2D eigenvalue weighted by Gasteiger charge is 2.24. The van der Waals surface area contributed by atoms with Gasteiger partial charge in [0.2, 0.25) is 0 Å². The summed E-state index contributed by atoms with van der Waals surface area (Å²) in [6, 6.07) is 0. The van der Waals surface area contributed by atoms with E-state index in [9.17, 15) is 0 Å². The fourth-order valence-electron chi connectivity index (χ4n) is 1.60. The van der Waals surface area contributed by atoms with Crippen molar-refractivity contribution < 1.29 is 0 Å². The van der Waals surface area contributed by atoms with E-state index in [0.717, 1.165) is 0 Å². The van der Waals surface area contributed by atoms with E-state index in [0.29, 0.717) is 5.92 Å². The molecule has 0 aromatic heterocycles. The minimum atomic E-state index is 0.197. The molecule has 0 amide bonds. The highest BCUT2D eigenvalue weighted by Crippen LogP contribution is 2.30. The molecule has 1 unspecified atom stereocenters. The van der Waals surface area contributed by atoms with Gasteiger partial charge in [-0.05, 0) is 26.7 Å². The van der Waals surface area contributed by atoms with Gasteiger partial charge in [-0.15, -0.1) is 11.8 Å². The Morgan fingerprint density at radius 1 is 1.54 bits per heavy atom. The predicted molar refractivity (Wildman–Crippen MR) is 62.7 cm³/mol. The van der Waals surface area contributed by atoms with Gasteiger partial charge in [0.15, 0.2) is 0 Å². The topological polar surface area (TPSA) is 12.4 Å². The van der Waals surface area contributed by atoms with E-state index in [-0.39, 0.29) is 5.54 Å². The normalized spacial score (nSPS) is 23.8. The van der Waals surface area contributed by atoms with Gasteiger partial charge in [-0.25, -0.2) is 0 Å². The SMILES string of the molecule is CCCC(C)C1=NC(C)(C)CCS1. The maximum absolute atomic E-state index is 4.81. The van der Waals surface area contributed by atoms with Crippen molar-refractivity contribution in [1.29, 1.82) is 0 Å². The van der Waals surface area contributed by atoms with Crippen LogP contribution in [-0.2, 0) is 0 Å². The Morgan fingerprint density at radius 3 is 2.77 bits per heavy atom. The van der Waals surface area contributed by atoms with Crippen molar-refractivity contribution in [2.75, 3.05) is 5.75 Å². The summed E-state index contributed by atoms with van der Waals surface area (Å²) in [6.45, 7) is 9.03. The lowest BCUT2D eigenvalue weighted by Crippen LogP contribution is -2.26. The maximum Gasteiger partial charge on any atom is 0.0710 e. The smallest absolute Gasteiger partial charge is 0.0710 e. The molecule has 0 N–H and O–H groups in total. The van der Waals surface area contributed by atoms with Crippen molar-refractivity contribution in [3.05, 3.63) is 0 Å². The first-order chi connectivity index (χ1) is 6.05. The van der Waals surface area contributed by atoms with E-state index < -0.39 is 0 Å². The van der Waals surface area contributed by atoms with Crippen LogP contribution in [0.5, 0.6) is 0 Å². The van der Waals surface area contributed by atoms with Crippen LogP contribution in [0.4, 0.5) is 0 Å². The van der Waals surface area contributed by atoms with Crippen molar-refractivity contribution in [3.63, 3.8) is 0 Å². The van der Waals surface area contributed by atoms with E-state index in [1.165, 1.54) is 30.1 Å². The predicted octanol–water partition coefficient (Wildman–Crippen LogP) is 3.74. The Kier molecular flexibility index (Phi) is 3.84. The molecule has 13 heavy (non-hydrogen) atoms. The molecule has 0 bridgehead atoms. The van der Waals surface area contributed by atoms with Crippen molar-refractivity contribution in [2.45, 2.75) is 52.5 Å². The fraction of sp³-hybridized carbons (Fsp3) is 0.909. The van der Waals surface area contributed by atoms with Crippen LogP contribution < -0.4 is 0 Å². The van der Waals surface area contributed by atoms with Crippen LogP contribution in [0.25, 0.3) is 0 Å². The third-order valence-corrected chi connectivity index (χ3v) is 3.72. The standard InChI is InChI=1S/C11H21NS/c1-5-6-9(2)10-12-11(3,4)7-8-13-10/h9H,5-8H2,1-4H3. The molecular formula is C11H21NS. The van der Waals surface area contributed by atoms with Gasteiger partial charge < -0.3 is 0 Å². The second kappa shape index (κ2) is 4.50. The minimum Gasteiger partial charge on any atom is -0.277 e. The summed E-state index contributed by atoms with van der Waals surface area (Å²) in [6.07, 6.45) is 3.77. The summed E-state index contributed by atoms with van der Waals surface area (Å²) < 4.78 is 0. The molecule has 1 aliphatic heterocycles. The molecule has 76 valence electrons. The van der Waals surface area contributed by atoms with E-state index in [4.69, 9.17) is 4.99 Å². The third kappa shape index (κ3) is 3.34. The molecular weight excluding hydrogens is 178 g/mol. The van der Waals surface area contributed by atoms with E-state index in [2.05, 4.69) is 27.7 Å².